The second-order valence-corrected chi connectivity index (χ2v) is 4.74. The molecule has 0 atom stereocenters. The van der Waals surface area contributed by atoms with E-state index in [1.165, 1.54) is 23.5 Å². The zero-order valence-electron chi connectivity index (χ0n) is 8.51. The third-order valence-electron chi connectivity index (χ3n) is 2.24. The zero-order valence-corrected chi connectivity index (χ0v) is 9.32. The smallest absolute Gasteiger partial charge is 0.166 e. The summed E-state index contributed by atoms with van der Waals surface area (Å²) >= 11 is 1.37. The maximum absolute atomic E-state index is 12.7. The van der Waals surface area contributed by atoms with Crippen LogP contribution in [0.1, 0.15) is 10.4 Å². The molecule has 0 saturated heterocycles. The molecule has 0 nitrogen and oxygen atoms in total. The van der Waals surface area contributed by atoms with Gasteiger partial charge in [-0.2, -0.15) is 13.2 Å². The van der Waals surface area contributed by atoms with Crippen molar-refractivity contribution in [1.82, 2.24) is 0 Å². The van der Waals surface area contributed by atoms with Crippen molar-refractivity contribution >= 4 is 11.3 Å². The fraction of sp³-hybridized carbons (Fsp3) is 0.167. The molecule has 0 aliphatic rings. The number of benzene rings is 1. The van der Waals surface area contributed by atoms with Crippen LogP contribution in [0.25, 0.3) is 10.4 Å². The SMILES string of the molecule is Cc1ccc(-c2ccccc2C(F)(F)F)s1. The minimum absolute atomic E-state index is 0.258. The number of alkyl halides is 3. The second kappa shape index (κ2) is 3.94. The number of thiophene rings is 1. The number of hydrogen-bond donors (Lipinski definition) is 0. The maximum Gasteiger partial charge on any atom is 0.417 e. The molecule has 0 fully saturated rings. The average molecular weight is 242 g/mol. The molecule has 0 amide bonds. The molecule has 4 heteroatoms. The molecule has 0 spiro atoms. The molecule has 0 radical (unpaired) electrons. The van der Waals surface area contributed by atoms with E-state index < -0.39 is 11.7 Å². The topological polar surface area (TPSA) is 0 Å². The van der Waals surface area contributed by atoms with Crippen LogP contribution in [0.4, 0.5) is 13.2 Å². The van der Waals surface area contributed by atoms with Gasteiger partial charge in [-0.15, -0.1) is 11.3 Å². The van der Waals surface area contributed by atoms with Crippen molar-refractivity contribution in [2.45, 2.75) is 13.1 Å². The molecule has 0 unspecified atom stereocenters. The highest BCUT2D eigenvalue weighted by atomic mass is 32.1. The van der Waals surface area contributed by atoms with Crippen molar-refractivity contribution in [2.24, 2.45) is 0 Å². The molecular formula is C12H9F3S. The van der Waals surface area contributed by atoms with E-state index in [1.807, 2.05) is 13.0 Å². The van der Waals surface area contributed by atoms with Crippen molar-refractivity contribution in [3.05, 3.63) is 46.8 Å². The Morgan fingerprint density at radius 3 is 2.25 bits per heavy atom. The lowest BCUT2D eigenvalue weighted by molar-refractivity contribution is -0.137. The molecule has 16 heavy (non-hydrogen) atoms. The molecular weight excluding hydrogens is 233 g/mol. The normalized spacial score (nSPS) is 11.8. The predicted octanol–water partition coefficient (Wildman–Crippen LogP) is 4.74. The summed E-state index contributed by atoms with van der Waals surface area (Å²) in [6.07, 6.45) is -4.30. The first-order valence-electron chi connectivity index (χ1n) is 4.71. The Bertz CT molecular complexity index is 497. The van der Waals surface area contributed by atoms with Gasteiger partial charge in [0.15, 0.2) is 0 Å². The summed E-state index contributed by atoms with van der Waals surface area (Å²) < 4.78 is 38.2. The lowest BCUT2D eigenvalue weighted by Crippen LogP contribution is -2.06. The van der Waals surface area contributed by atoms with Gasteiger partial charge in [-0.05, 0) is 25.1 Å². The number of aryl methyl sites for hydroxylation is 1. The molecule has 1 aromatic carbocycles. The van der Waals surface area contributed by atoms with E-state index in [9.17, 15) is 13.2 Å². The van der Waals surface area contributed by atoms with E-state index in [-0.39, 0.29) is 5.56 Å². The van der Waals surface area contributed by atoms with Crippen LogP contribution in [0.3, 0.4) is 0 Å². The van der Waals surface area contributed by atoms with Crippen molar-refractivity contribution in [3.63, 3.8) is 0 Å². The minimum atomic E-state index is -4.30. The van der Waals surface area contributed by atoms with E-state index >= 15 is 0 Å². The van der Waals surface area contributed by atoms with Crippen LogP contribution < -0.4 is 0 Å². The summed E-state index contributed by atoms with van der Waals surface area (Å²) in [5.41, 5.74) is -0.315. The van der Waals surface area contributed by atoms with Gasteiger partial charge in [0, 0.05) is 15.3 Å². The van der Waals surface area contributed by atoms with Gasteiger partial charge < -0.3 is 0 Å². The van der Waals surface area contributed by atoms with Crippen LogP contribution in [0.15, 0.2) is 36.4 Å². The van der Waals surface area contributed by atoms with Crippen molar-refractivity contribution in [3.8, 4) is 10.4 Å². The van der Waals surface area contributed by atoms with Crippen LogP contribution in [0, 0.1) is 6.92 Å². The lowest BCUT2D eigenvalue weighted by Gasteiger charge is -2.10. The Morgan fingerprint density at radius 2 is 1.69 bits per heavy atom. The summed E-state index contributed by atoms with van der Waals surface area (Å²) in [6.45, 7) is 1.88. The standard InChI is InChI=1S/C12H9F3S/c1-8-6-7-11(16-8)9-4-2-3-5-10(9)12(13,14)15/h2-7H,1H3. The Kier molecular flexibility index (Phi) is 2.76. The molecule has 2 rings (SSSR count). The van der Waals surface area contributed by atoms with Gasteiger partial charge in [-0.3, -0.25) is 0 Å². The first kappa shape index (κ1) is 11.2. The molecule has 0 aliphatic heterocycles. The highest BCUT2D eigenvalue weighted by Gasteiger charge is 2.33. The quantitative estimate of drug-likeness (QED) is 0.677. The van der Waals surface area contributed by atoms with E-state index in [2.05, 4.69) is 0 Å². The van der Waals surface area contributed by atoms with Crippen LogP contribution >= 0.6 is 11.3 Å². The third kappa shape index (κ3) is 2.11. The van der Waals surface area contributed by atoms with E-state index in [0.29, 0.717) is 4.88 Å². The number of rotatable bonds is 1. The minimum Gasteiger partial charge on any atom is -0.166 e. The van der Waals surface area contributed by atoms with E-state index in [1.54, 1.807) is 12.1 Å². The van der Waals surface area contributed by atoms with Crippen LogP contribution in [0.2, 0.25) is 0 Å². The zero-order chi connectivity index (χ0) is 11.8. The van der Waals surface area contributed by atoms with E-state index in [0.717, 1.165) is 10.9 Å². The highest BCUT2D eigenvalue weighted by molar-refractivity contribution is 7.15. The molecule has 2 aromatic rings. The number of hydrogen-bond acceptors (Lipinski definition) is 1. The molecule has 1 heterocycles. The molecule has 0 N–H and O–H groups in total. The Labute approximate surface area is 95.4 Å². The van der Waals surface area contributed by atoms with Crippen LogP contribution in [0.5, 0.6) is 0 Å². The predicted molar refractivity (Wildman–Crippen MR) is 59.5 cm³/mol. The Hall–Kier alpha value is -1.29. The van der Waals surface area contributed by atoms with Crippen molar-refractivity contribution in [2.75, 3.05) is 0 Å². The lowest BCUT2D eigenvalue weighted by atomic mass is 10.1. The van der Waals surface area contributed by atoms with Gasteiger partial charge in [-0.1, -0.05) is 18.2 Å². The highest BCUT2D eigenvalue weighted by Crippen LogP contribution is 2.39. The number of halogens is 3. The summed E-state index contributed by atoms with van der Waals surface area (Å²) in [6, 6.07) is 9.21. The largest absolute Gasteiger partial charge is 0.417 e. The van der Waals surface area contributed by atoms with Crippen LogP contribution in [-0.2, 0) is 6.18 Å². The average Bonchev–Trinajstić information content (AvgIpc) is 2.64. The summed E-state index contributed by atoms with van der Waals surface area (Å²) in [4.78, 5) is 1.66. The molecule has 1 aromatic heterocycles. The Balaban J connectivity index is 2.57. The molecule has 0 aliphatic carbocycles. The van der Waals surface area contributed by atoms with Crippen LogP contribution in [-0.4, -0.2) is 0 Å². The van der Waals surface area contributed by atoms with Gasteiger partial charge in [0.1, 0.15) is 0 Å². The fourth-order valence-electron chi connectivity index (χ4n) is 1.52. The third-order valence-corrected chi connectivity index (χ3v) is 3.27. The van der Waals surface area contributed by atoms with Gasteiger partial charge in [0.25, 0.3) is 0 Å². The maximum atomic E-state index is 12.7. The van der Waals surface area contributed by atoms with Gasteiger partial charge in [-0.25, -0.2) is 0 Å². The van der Waals surface area contributed by atoms with Gasteiger partial charge in [0.2, 0.25) is 0 Å². The van der Waals surface area contributed by atoms with Gasteiger partial charge in [0.05, 0.1) is 5.56 Å². The van der Waals surface area contributed by atoms with Crippen molar-refractivity contribution < 1.29 is 13.2 Å². The monoisotopic (exact) mass is 242 g/mol. The van der Waals surface area contributed by atoms with Gasteiger partial charge >= 0.3 is 6.18 Å². The second-order valence-electron chi connectivity index (χ2n) is 3.45. The Morgan fingerprint density at radius 1 is 1.00 bits per heavy atom. The van der Waals surface area contributed by atoms with E-state index in [4.69, 9.17) is 0 Å². The molecule has 0 bridgehead atoms. The first-order chi connectivity index (χ1) is 7.48. The molecule has 0 saturated carbocycles. The summed E-state index contributed by atoms with van der Waals surface area (Å²) in [7, 11) is 0. The summed E-state index contributed by atoms with van der Waals surface area (Å²) in [5.74, 6) is 0. The first-order valence-corrected chi connectivity index (χ1v) is 5.53. The van der Waals surface area contributed by atoms with Crippen molar-refractivity contribution in [1.29, 1.82) is 0 Å². The summed E-state index contributed by atoms with van der Waals surface area (Å²) in [5, 5.41) is 0. The molecule has 84 valence electrons. The fourth-order valence-corrected chi connectivity index (χ4v) is 2.43.